The van der Waals surface area contributed by atoms with Gasteiger partial charge in [0.1, 0.15) is 0 Å². The molecule has 0 bridgehead atoms. The Balaban J connectivity index is 1.93. The lowest BCUT2D eigenvalue weighted by molar-refractivity contribution is 0.561. The van der Waals surface area contributed by atoms with Crippen LogP contribution in [-0.2, 0) is 23.1 Å². The Morgan fingerprint density at radius 1 is 1.47 bits per heavy atom. The summed E-state index contributed by atoms with van der Waals surface area (Å²) in [4.78, 5) is 1.32. The maximum Gasteiger partial charge on any atom is 0.241 e. The molecule has 0 radical (unpaired) electrons. The van der Waals surface area contributed by atoms with Gasteiger partial charge in [0.15, 0.2) is 0 Å². The third-order valence-electron chi connectivity index (χ3n) is 2.48. The number of sulfonamides is 1. The molecule has 2 aromatic rings. The fraction of sp³-hybridized carbons (Fsp3) is 0.364. The third kappa shape index (κ3) is 3.87. The first-order valence-electron chi connectivity index (χ1n) is 5.81. The lowest BCUT2D eigenvalue weighted by atomic mass is 10.5. The van der Waals surface area contributed by atoms with Gasteiger partial charge in [-0.05, 0) is 19.2 Å². The molecule has 2 aromatic heterocycles. The molecule has 104 valence electrons. The van der Waals surface area contributed by atoms with Gasteiger partial charge in [0.2, 0.25) is 10.0 Å². The summed E-state index contributed by atoms with van der Waals surface area (Å²) >= 11 is 1.43. The van der Waals surface area contributed by atoms with Crippen LogP contribution in [0.25, 0.3) is 0 Å². The number of hydrogen-bond donors (Lipinski definition) is 2. The van der Waals surface area contributed by atoms with Crippen molar-refractivity contribution in [1.29, 1.82) is 0 Å². The zero-order chi connectivity index (χ0) is 13.7. The van der Waals surface area contributed by atoms with Crippen LogP contribution in [0.4, 0.5) is 0 Å². The van der Waals surface area contributed by atoms with Gasteiger partial charge < -0.3 is 5.32 Å². The molecule has 0 amide bonds. The van der Waals surface area contributed by atoms with Crippen molar-refractivity contribution in [1.82, 2.24) is 19.8 Å². The van der Waals surface area contributed by atoms with Gasteiger partial charge >= 0.3 is 0 Å². The topological polar surface area (TPSA) is 76.0 Å². The number of nitrogens with zero attached hydrogens (tertiary/aromatic N) is 2. The van der Waals surface area contributed by atoms with Crippen molar-refractivity contribution >= 4 is 21.4 Å². The molecule has 0 aliphatic carbocycles. The van der Waals surface area contributed by atoms with Crippen molar-refractivity contribution in [2.45, 2.75) is 18.0 Å². The molecule has 0 unspecified atom stereocenters. The van der Waals surface area contributed by atoms with Gasteiger partial charge in [-0.15, -0.1) is 11.3 Å². The van der Waals surface area contributed by atoms with E-state index in [4.69, 9.17) is 0 Å². The fourth-order valence-corrected chi connectivity index (χ4v) is 3.89. The maximum absolute atomic E-state index is 12.0. The summed E-state index contributed by atoms with van der Waals surface area (Å²) in [5.41, 5.74) is 0. The average molecular weight is 300 g/mol. The molecule has 0 aliphatic heterocycles. The summed E-state index contributed by atoms with van der Waals surface area (Å²) in [6, 6.07) is 3.49. The van der Waals surface area contributed by atoms with E-state index in [0.29, 0.717) is 24.5 Å². The Labute approximate surface area is 116 Å². The monoisotopic (exact) mass is 300 g/mol. The molecule has 0 atom stereocenters. The van der Waals surface area contributed by atoms with E-state index in [1.807, 2.05) is 7.05 Å². The molecule has 0 fully saturated rings. The standard InChI is InChI=1S/C11H16N4O2S2/c1-12-8-10-7-11(9-18-10)19(16,17)14-4-6-15-5-2-3-13-15/h2-3,5,7,9,12,14H,4,6,8H2,1H3. The summed E-state index contributed by atoms with van der Waals surface area (Å²) in [5.74, 6) is 0. The molecule has 2 heterocycles. The number of nitrogens with one attached hydrogen (secondary N) is 2. The van der Waals surface area contributed by atoms with Crippen molar-refractivity contribution in [3.05, 3.63) is 34.8 Å². The molecule has 0 saturated heterocycles. The van der Waals surface area contributed by atoms with E-state index in [-0.39, 0.29) is 0 Å². The number of aromatic nitrogens is 2. The van der Waals surface area contributed by atoms with Gasteiger partial charge in [-0.2, -0.15) is 5.10 Å². The number of hydrogen-bond acceptors (Lipinski definition) is 5. The Hall–Kier alpha value is -1.22. The van der Waals surface area contributed by atoms with Crippen molar-refractivity contribution in [3.8, 4) is 0 Å². The van der Waals surface area contributed by atoms with E-state index in [0.717, 1.165) is 4.88 Å². The second kappa shape index (κ2) is 6.29. The summed E-state index contributed by atoms with van der Waals surface area (Å²) in [6.45, 7) is 1.51. The minimum atomic E-state index is -3.42. The maximum atomic E-state index is 12.0. The SMILES string of the molecule is CNCc1cc(S(=O)(=O)NCCn2cccn2)cs1. The molecule has 2 N–H and O–H groups in total. The quantitative estimate of drug-likeness (QED) is 0.787. The Kier molecular flexibility index (Phi) is 4.70. The Morgan fingerprint density at radius 3 is 3.00 bits per heavy atom. The van der Waals surface area contributed by atoms with E-state index in [1.165, 1.54) is 11.3 Å². The minimum absolute atomic E-state index is 0.321. The second-order valence-corrected chi connectivity index (χ2v) is 6.71. The van der Waals surface area contributed by atoms with Gasteiger partial charge in [-0.25, -0.2) is 13.1 Å². The molecule has 0 spiro atoms. The van der Waals surface area contributed by atoms with Gasteiger partial charge in [-0.3, -0.25) is 4.68 Å². The molecular formula is C11H16N4O2S2. The average Bonchev–Trinajstić information content (AvgIpc) is 3.00. The minimum Gasteiger partial charge on any atom is -0.315 e. The first kappa shape index (κ1) is 14.2. The largest absolute Gasteiger partial charge is 0.315 e. The van der Waals surface area contributed by atoms with Gasteiger partial charge in [0.05, 0.1) is 11.4 Å². The van der Waals surface area contributed by atoms with Crippen LogP contribution in [0.3, 0.4) is 0 Å². The summed E-state index contributed by atoms with van der Waals surface area (Å²) in [6.07, 6.45) is 3.46. The zero-order valence-corrected chi connectivity index (χ0v) is 12.2. The van der Waals surface area contributed by atoms with Crippen LogP contribution < -0.4 is 10.0 Å². The smallest absolute Gasteiger partial charge is 0.241 e. The van der Waals surface area contributed by atoms with Crippen LogP contribution in [0.15, 0.2) is 34.8 Å². The molecule has 6 nitrogen and oxygen atoms in total. The van der Waals surface area contributed by atoms with E-state index in [1.54, 1.807) is 34.6 Å². The number of rotatable bonds is 7. The molecule has 0 aliphatic rings. The summed E-state index contributed by atoms with van der Waals surface area (Å²) in [5, 5.41) is 8.66. The van der Waals surface area contributed by atoms with E-state index < -0.39 is 10.0 Å². The van der Waals surface area contributed by atoms with Gasteiger partial charge in [0.25, 0.3) is 0 Å². The van der Waals surface area contributed by atoms with Crippen LogP contribution in [0.1, 0.15) is 4.88 Å². The second-order valence-electron chi connectivity index (χ2n) is 3.95. The molecule has 19 heavy (non-hydrogen) atoms. The van der Waals surface area contributed by atoms with E-state index in [9.17, 15) is 8.42 Å². The van der Waals surface area contributed by atoms with Crippen LogP contribution in [-0.4, -0.2) is 31.8 Å². The van der Waals surface area contributed by atoms with Gasteiger partial charge in [-0.1, -0.05) is 0 Å². The lowest BCUT2D eigenvalue weighted by Gasteiger charge is -2.05. The predicted octanol–water partition coefficient (Wildman–Crippen LogP) is 0.643. The molecule has 2 rings (SSSR count). The highest BCUT2D eigenvalue weighted by atomic mass is 32.2. The first-order chi connectivity index (χ1) is 9.12. The highest BCUT2D eigenvalue weighted by molar-refractivity contribution is 7.89. The highest BCUT2D eigenvalue weighted by Gasteiger charge is 2.15. The molecule has 0 saturated carbocycles. The Morgan fingerprint density at radius 2 is 2.32 bits per heavy atom. The van der Waals surface area contributed by atoms with Crippen LogP contribution in [0, 0.1) is 0 Å². The van der Waals surface area contributed by atoms with Crippen LogP contribution in [0.2, 0.25) is 0 Å². The van der Waals surface area contributed by atoms with Crippen LogP contribution >= 0.6 is 11.3 Å². The zero-order valence-electron chi connectivity index (χ0n) is 10.5. The van der Waals surface area contributed by atoms with Gasteiger partial charge in [0, 0.05) is 35.7 Å². The first-order valence-corrected chi connectivity index (χ1v) is 8.17. The van der Waals surface area contributed by atoms with Crippen molar-refractivity contribution in [2.75, 3.05) is 13.6 Å². The molecule has 0 aromatic carbocycles. The predicted molar refractivity (Wildman–Crippen MR) is 74.5 cm³/mol. The third-order valence-corrected chi connectivity index (χ3v) is 5.01. The summed E-state index contributed by atoms with van der Waals surface area (Å²) < 4.78 is 28.3. The number of thiophene rings is 1. The lowest BCUT2D eigenvalue weighted by Crippen LogP contribution is -2.27. The highest BCUT2D eigenvalue weighted by Crippen LogP contribution is 2.18. The van der Waals surface area contributed by atoms with E-state index >= 15 is 0 Å². The van der Waals surface area contributed by atoms with Crippen LogP contribution in [0.5, 0.6) is 0 Å². The Bertz CT molecular complexity index is 604. The molecule has 8 heteroatoms. The van der Waals surface area contributed by atoms with Crippen molar-refractivity contribution in [2.24, 2.45) is 0 Å². The normalized spacial score (nSPS) is 11.8. The molecular weight excluding hydrogens is 284 g/mol. The fourth-order valence-electron chi connectivity index (χ4n) is 1.58. The summed E-state index contributed by atoms with van der Waals surface area (Å²) in [7, 11) is -1.59. The van der Waals surface area contributed by atoms with E-state index in [2.05, 4.69) is 15.1 Å². The van der Waals surface area contributed by atoms with Crippen molar-refractivity contribution < 1.29 is 8.42 Å². The van der Waals surface area contributed by atoms with Crippen molar-refractivity contribution in [3.63, 3.8) is 0 Å².